The van der Waals surface area contributed by atoms with E-state index in [0.29, 0.717) is 0 Å². The van der Waals surface area contributed by atoms with Crippen molar-refractivity contribution in [3.05, 3.63) is 35.4 Å². The van der Waals surface area contributed by atoms with Crippen LogP contribution in [0.2, 0.25) is 0 Å². The SMILES string of the molecule is CCC(CC)c1cccc(CN2CCOCC2)c1. The molecule has 0 radical (unpaired) electrons. The van der Waals surface area contributed by atoms with E-state index >= 15 is 0 Å². The Morgan fingerprint density at radius 3 is 2.56 bits per heavy atom. The first-order chi connectivity index (χ1) is 8.83. The molecule has 1 fully saturated rings. The lowest BCUT2D eigenvalue weighted by atomic mass is 9.93. The average Bonchev–Trinajstić information content (AvgIpc) is 2.42. The van der Waals surface area contributed by atoms with Crippen LogP contribution in [-0.4, -0.2) is 31.2 Å². The molecular weight excluding hydrogens is 222 g/mol. The van der Waals surface area contributed by atoms with Crippen LogP contribution in [0.3, 0.4) is 0 Å². The molecule has 1 aromatic rings. The van der Waals surface area contributed by atoms with Crippen LogP contribution < -0.4 is 0 Å². The molecule has 0 bridgehead atoms. The number of rotatable bonds is 5. The molecule has 2 nitrogen and oxygen atoms in total. The largest absolute Gasteiger partial charge is 0.379 e. The summed E-state index contributed by atoms with van der Waals surface area (Å²) in [6.07, 6.45) is 2.47. The standard InChI is InChI=1S/C16H25NO/c1-3-15(4-2)16-7-5-6-14(12-16)13-17-8-10-18-11-9-17/h5-7,12,15H,3-4,8-11,13H2,1-2H3. The zero-order valence-corrected chi connectivity index (χ0v) is 11.7. The number of morpholine rings is 1. The molecule has 18 heavy (non-hydrogen) atoms. The van der Waals surface area contributed by atoms with E-state index in [-0.39, 0.29) is 0 Å². The molecule has 2 heteroatoms. The second-order valence-corrected chi connectivity index (χ2v) is 5.15. The molecule has 0 saturated carbocycles. The van der Waals surface area contributed by atoms with E-state index in [9.17, 15) is 0 Å². The van der Waals surface area contributed by atoms with Crippen molar-refractivity contribution in [1.29, 1.82) is 0 Å². The minimum absolute atomic E-state index is 0.717. The van der Waals surface area contributed by atoms with Gasteiger partial charge >= 0.3 is 0 Å². The molecule has 100 valence electrons. The third kappa shape index (κ3) is 3.56. The van der Waals surface area contributed by atoms with Crippen molar-refractivity contribution in [3.63, 3.8) is 0 Å². The van der Waals surface area contributed by atoms with Gasteiger partial charge in [0.2, 0.25) is 0 Å². The van der Waals surface area contributed by atoms with E-state index in [0.717, 1.165) is 38.8 Å². The first-order valence-corrected chi connectivity index (χ1v) is 7.22. The number of hydrogen-bond donors (Lipinski definition) is 0. The summed E-state index contributed by atoms with van der Waals surface area (Å²) in [7, 11) is 0. The van der Waals surface area contributed by atoms with Crippen LogP contribution in [0, 0.1) is 0 Å². The molecule has 1 saturated heterocycles. The van der Waals surface area contributed by atoms with Gasteiger partial charge in [-0.1, -0.05) is 38.1 Å². The highest BCUT2D eigenvalue weighted by molar-refractivity contribution is 5.26. The van der Waals surface area contributed by atoms with E-state index in [1.807, 2.05) is 0 Å². The fourth-order valence-electron chi connectivity index (χ4n) is 2.72. The normalized spacial score (nSPS) is 17.3. The van der Waals surface area contributed by atoms with Crippen LogP contribution in [0.25, 0.3) is 0 Å². The van der Waals surface area contributed by atoms with Crippen molar-refractivity contribution in [1.82, 2.24) is 4.90 Å². The number of ether oxygens (including phenoxy) is 1. The summed E-state index contributed by atoms with van der Waals surface area (Å²) < 4.78 is 5.39. The number of hydrogen-bond acceptors (Lipinski definition) is 2. The van der Waals surface area contributed by atoms with E-state index in [1.54, 1.807) is 0 Å². The summed E-state index contributed by atoms with van der Waals surface area (Å²) in [4.78, 5) is 2.48. The fraction of sp³-hybridized carbons (Fsp3) is 0.625. The maximum Gasteiger partial charge on any atom is 0.0594 e. The van der Waals surface area contributed by atoms with E-state index in [1.165, 1.54) is 24.0 Å². The molecule has 0 spiro atoms. The van der Waals surface area contributed by atoms with Crippen LogP contribution in [0.5, 0.6) is 0 Å². The first kappa shape index (κ1) is 13.6. The van der Waals surface area contributed by atoms with Gasteiger partial charge in [-0.15, -0.1) is 0 Å². The molecule has 1 heterocycles. The van der Waals surface area contributed by atoms with Gasteiger partial charge in [-0.25, -0.2) is 0 Å². The predicted molar refractivity (Wildman–Crippen MR) is 75.9 cm³/mol. The summed E-state index contributed by atoms with van der Waals surface area (Å²) in [5.41, 5.74) is 2.95. The molecule has 0 aromatic heterocycles. The lowest BCUT2D eigenvalue weighted by molar-refractivity contribution is 0.0342. The van der Waals surface area contributed by atoms with Gasteiger partial charge < -0.3 is 4.74 Å². The van der Waals surface area contributed by atoms with Crippen LogP contribution in [0.4, 0.5) is 0 Å². The quantitative estimate of drug-likeness (QED) is 0.790. The summed E-state index contributed by atoms with van der Waals surface area (Å²) in [5.74, 6) is 0.717. The van der Waals surface area contributed by atoms with Crippen LogP contribution >= 0.6 is 0 Å². The second kappa shape index (κ2) is 6.91. The summed E-state index contributed by atoms with van der Waals surface area (Å²) in [6, 6.07) is 9.14. The maximum absolute atomic E-state index is 5.39. The Kier molecular flexibility index (Phi) is 5.21. The Labute approximate surface area is 111 Å². The van der Waals surface area contributed by atoms with Crippen molar-refractivity contribution in [3.8, 4) is 0 Å². The van der Waals surface area contributed by atoms with Crippen LogP contribution in [0.1, 0.15) is 43.7 Å². The Morgan fingerprint density at radius 2 is 1.89 bits per heavy atom. The van der Waals surface area contributed by atoms with E-state index < -0.39 is 0 Å². The number of nitrogens with zero attached hydrogens (tertiary/aromatic N) is 1. The van der Waals surface area contributed by atoms with Crippen LogP contribution in [0.15, 0.2) is 24.3 Å². The topological polar surface area (TPSA) is 12.5 Å². The van der Waals surface area contributed by atoms with Gasteiger partial charge in [0.1, 0.15) is 0 Å². The number of benzene rings is 1. The smallest absolute Gasteiger partial charge is 0.0594 e. The summed E-state index contributed by atoms with van der Waals surface area (Å²) >= 11 is 0. The summed E-state index contributed by atoms with van der Waals surface area (Å²) in [5, 5.41) is 0. The molecule has 0 atom stereocenters. The van der Waals surface area contributed by atoms with Crippen molar-refractivity contribution in [2.24, 2.45) is 0 Å². The Bertz CT molecular complexity index is 354. The van der Waals surface area contributed by atoms with Gasteiger partial charge in [0.15, 0.2) is 0 Å². The Balaban J connectivity index is 2.01. The fourth-order valence-corrected chi connectivity index (χ4v) is 2.72. The van der Waals surface area contributed by atoms with Gasteiger partial charge in [0.05, 0.1) is 13.2 Å². The van der Waals surface area contributed by atoms with Gasteiger partial charge in [0, 0.05) is 19.6 Å². The Morgan fingerprint density at radius 1 is 1.17 bits per heavy atom. The summed E-state index contributed by atoms with van der Waals surface area (Å²) in [6.45, 7) is 9.52. The van der Waals surface area contributed by atoms with E-state index in [2.05, 4.69) is 43.0 Å². The molecule has 1 aromatic carbocycles. The molecule has 2 rings (SSSR count). The molecule has 1 aliphatic heterocycles. The predicted octanol–water partition coefficient (Wildman–Crippen LogP) is 3.42. The van der Waals surface area contributed by atoms with Gasteiger partial charge in [0.25, 0.3) is 0 Å². The average molecular weight is 247 g/mol. The van der Waals surface area contributed by atoms with Gasteiger partial charge in [-0.3, -0.25) is 4.90 Å². The third-order valence-corrected chi connectivity index (χ3v) is 3.92. The highest BCUT2D eigenvalue weighted by atomic mass is 16.5. The minimum atomic E-state index is 0.717. The molecular formula is C16H25NO. The first-order valence-electron chi connectivity index (χ1n) is 7.22. The molecule has 1 aliphatic rings. The second-order valence-electron chi connectivity index (χ2n) is 5.15. The maximum atomic E-state index is 5.39. The van der Waals surface area contributed by atoms with E-state index in [4.69, 9.17) is 4.74 Å². The highest BCUT2D eigenvalue weighted by Gasteiger charge is 2.12. The van der Waals surface area contributed by atoms with Crippen molar-refractivity contribution in [2.45, 2.75) is 39.2 Å². The third-order valence-electron chi connectivity index (χ3n) is 3.92. The molecule has 0 unspecified atom stereocenters. The lowest BCUT2D eigenvalue weighted by Gasteiger charge is -2.27. The molecule has 0 aliphatic carbocycles. The Hall–Kier alpha value is -0.860. The van der Waals surface area contributed by atoms with Crippen molar-refractivity contribution in [2.75, 3.05) is 26.3 Å². The zero-order chi connectivity index (χ0) is 12.8. The highest BCUT2D eigenvalue weighted by Crippen LogP contribution is 2.24. The molecule has 0 amide bonds. The van der Waals surface area contributed by atoms with Crippen molar-refractivity contribution >= 4 is 0 Å². The van der Waals surface area contributed by atoms with Gasteiger partial charge in [-0.05, 0) is 29.9 Å². The van der Waals surface area contributed by atoms with Crippen molar-refractivity contribution < 1.29 is 4.74 Å². The molecule has 0 N–H and O–H groups in total. The lowest BCUT2D eigenvalue weighted by Crippen LogP contribution is -2.35. The van der Waals surface area contributed by atoms with Gasteiger partial charge in [-0.2, -0.15) is 0 Å². The minimum Gasteiger partial charge on any atom is -0.379 e. The zero-order valence-electron chi connectivity index (χ0n) is 11.7. The van der Waals surface area contributed by atoms with Crippen LogP contribution in [-0.2, 0) is 11.3 Å². The monoisotopic (exact) mass is 247 g/mol.